The van der Waals surface area contributed by atoms with Gasteiger partial charge in [-0.2, -0.15) is 0 Å². The number of aliphatic hydroxyl groups is 1. The Balaban J connectivity index is 1.27. The maximum Gasteiger partial charge on any atom is 0.164 e. The lowest BCUT2D eigenvalue weighted by atomic mass is 9.76. The molecule has 0 amide bonds. The molecule has 2 aromatic carbocycles. The summed E-state index contributed by atoms with van der Waals surface area (Å²) in [7, 11) is 0. The summed E-state index contributed by atoms with van der Waals surface area (Å²) in [6.07, 6.45) is 8.29. The zero-order valence-corrected chi connectivity index (χ0v) is 21.7. The monoisotopic (exact) mass is 516 g/mol. The van der Waals surface area contributed by atoms with E-state index in [9.17, 15) is 18.3 Å². The zero-order chi connectivity index (χ0) is 26.4. The Morgan fingerprint density at radius 1 is 0.919 bits per heavy atom. The fourth-order valence-corrected chi connectivity index (χ4v) is 5.88. The van der Waals surface area contributed by atoms with E-state index in [1.807, 2.05) is 6.07 Å². The van der Waals surface area contributed by atoms with Gasteiger partial charge in [0.15, 0.2) is 11.6 Å². The van der Waals surface area contributed by atoms with Crippen LogP contribution in [0.5, 0.6) is 5.75 Å². The summed E-state index contributed by atoms with van der Waals surface area (Å²) in [5.74, 6) is -0.976. The molecule has 2 aromatic rings. The number of ether oxygens (including phenoxy) is 2. The van der Waals surface area contributed by atoms with Gasteiger partial charge in [0, 0.05) is 11.6 Å². The Kier molecular flexibility index (Phi) is 9.71. The standard InChI is InChI=1S/C31H39F3O3/c1-3-4-17-36-26-14-16-27(29(32)18-26)22-9-12-25(13-10-22)37-19-24-11-15-28(31(34)30(24)33)23-7-5-21(6-8-23)20(2)35/h3,11,14-16,18,20-23,25,35H,1,4-10,12-13,17,19H2,2H3. The minimum Gasteiger partial charge on any atom is -0.493 e. The van der Waals surface area contributed by atoms with E-state index in [2.05, 4.69) is 6.58 Å². The van der Waals surface area contributed by atoms with Crippen molar-refractivity contribution in [3.63, 3.8) is 0 Å². The highest BCUT2D eigenvalue weighted by Crippen LogP contribution is 2.39. The molecule has 0 bridgehead atoms. The largest absolute Gasteiger partial charge is 0.493 e. The van der Waals surface area contributed by atoms with Crippen LogP contribution >= 0.6 is 0 Å². The first kappa shape index (κ1) is 27.7. The van der Waals surface area contributed by atoms with Crippen molar-refractivity contribution in [2.24, 2.45) is 5.92 Å². The second kappa shape index (κ2) is 13.0. The van der Waals surface area contributed by atoms with Crippen molar-refractivity contribution in [1.29, 1.82) is 0 Å². The molecule has 0 radical (unpaired) electrons. The molecule has 1 N–H and O–H groups in total. The van der Waals surface area contributed by atoms with E-state index in [1.165, 1.54) is 6.07 Å². The molecule has 0 aliphatic heterocycles. The lowest BCUT2D eigenvalue weighted by Crippen LogP contribution is -2.23. The first-order valence-corrected chi connectivity index (χ1v) is 13.7. The van der Waals surface area contributed by atoms with Crippen molar-refractivity contribution in [2.75, 3.05) is 6.61 Å². The van der Waals surface area contributed by atoms with Crippen LogP contribution in [0, 0.1) is 23.4 Å². The zero-order valence-electron chi connectivity index (χ0n) is 21.7. The topological polar surface area (TPSA) is 38.7 Å². The summed E-state index contributed by atoms with van der Waals surface area (Å²) in [6, 6.07) is 8.41. The van der Waals surface area contributed by atoms with E-state index in [1.54, 1.807) is 31.2 Å². The molecule has 2 aliphatic rings. The van der Waals surface area contributed by atoms with Crippen LogP contribution in [0.2, 0.25) is 0 Å². The minimum absolute atomic E-state index is 0.0112. The van der Waals surface area contributed by atoms with E-state index in [0.717, 1.165) is 51.4 Å². The highest BCUT2D eigenvalue weighted by Gasteiger charge is 2.29. The molecule has 2 aliphatic carbocycles. The first-order chi connectivity index (χ1) is 17.9. The number of benzene rings is 2. The van der Waals surface area contributed by atoms with Crippen molar-refractivity contribution >= 4 is 0 Å². The molecule has 37 heavy (non-hydrogen) atoms. The van der Waals surface area contributed by atoms with Gasteiger partial charge < -0.3 is 14.6 Å². The SMILES string of the molecule is C=CCCOc1ccc(C2CCC(OCc3ccc(C4CCC(C(C)O)CC4)c(F)c3F)CC2)c(F)c1. The van der Waals surface area contributed by atoms with Gasteiger partial charge in [0.2, 0.25) is 0 Å². The lowest BCUT2D eigenvalue weighted by molar-refractivity contribution is 0.0116. The molecule has 6 heteroatoms. The van der Waals surface area contributed by atoms with Crippen molar-refractivity contribution in [3.05, 3.63) is 77.1 Å². The van der Waals surface area contributed by atoms with E-state index < -0.39 is 11.6 Å². The summed E-state index contributed by atoms with van der Waals surface area (Å²) in [5.41, 5.74) is 1.37. The maximum absolute atomic E-state index is 14.9. The van der Waals surface area contributed by atoms with Crippen molar-refractivity contribution < 1.29 is 27.8 Å². The average molecular weight is 517 g/mol. The highest BCUT2D eigenvalue weighted by atomic mass is 19.2. The molecule has 0 spiro atoms. The van der Waals surface area contributed by atoms with Crippen molar-refractivity contribution in [1.82, 2.24) is 0 Å². The Morgan fingerprint density at radius 2 is 1.57 bits per heavy atom. The third-order valence-corrected chi connectivity index (χ3v) is 8.24. The Hall–Kier alpha value is -2.31. The second-order valence-corrected chi connectivity index (χ2v) is 10.7. The van der Waals surface area contributed by atoms with Crippen LogP contribution in [-0.2, 0) is 11.3 Å². The second-order valence-electron chi connectivity index (χ2n) is 10.7. The van der Waals surface area contributed by atoms with Gasteiger partial charge in [0.25, 0.3) is 0 Å². The highest BCUT2D eigenvalue weighted by molar-refractivity contribution is 5.32. The summed E-state index contributed by atoms with van der Waals surface area (Å²) >= 11 is 0. The molecular weight excluding hydrogens is 477 g/mol. The smallest absolute Gasteiger partial charge is 0.164 e. The van der Waals surface area contributed by atoms with E-state index >= 15 is 0 Å². The van der Waals surface area contributed by atoms with Crippen LogP contribution in [0.25, 0.3) is 0 Å². The van der Waals surface area contributed by atoms with Gasteiger partial charge in [-0.25, -0.2) is 13.2 Å². The van der Waals surface area contributed by atoms with Crippen LogP contribution in [0.4, 0.5) is 13.2 Å². The summed E-state index contributed by atoms with van der Waals surface area (Å²) < 4.78 is 56.0. The quantitative estimate of drug-likeness (QED) is 0.257. The Morgan fingerprint density at radius 3 is 2.22 bits per heavy atom. The van der Waals surface area contributed by atoms with E-state index in [0.29, 0.717) is 29.9 Å². The van der Waals surface area contributed by atoms with Gasteiger partial charge in [0.05, 0.1) is 25.4 Å². The van der Waals surface area contributed by atoms with Gasteiger partial charge >= 0.3 is 0 Å². The van der Waals surface area contributed by atoms with Crippen LogP contribution in [0.1, 0.15) is 93.2 Å². The van der Waals surface area contributed by atoms with Crippen LogP contribution in [0.3, 0.4) is 0 Å². The fourth-order valence-electron chi connectivity index (χ4n) is 5.88. The van der Waals surface area contributed by atoms with Crippen LogP contribution in [-0.4, -0.2) is 23.9 Å². The summed E-state index contributed by atoms with van der Waals surface area (Å²) in [6.45, 7) is 5.95. The van der Waals surface area contributed by atoms with E-state index in [4.69, 9.17) is 9.47 Å². The van der Waals surface area contributed by atoms with Gasteiger partial charge in [-0.3, -0.25) is 0 Å². The van der Waals surface area contributed by atoms with Gasteiger partial charge in [-0.1, -0.05) is 24.3 Å². The average Bonchev–Trinajstić information content (AvgIpc) is 2.90. The summed E-state index contributed by atoms with van der Waals surface area (Å²) in [5, 5.41) is 9.79. The Bertz CT molecular complexity index is 1040. The Labute approximate surface area is 218 Å². The molecule has 0 heterocycles. The number of aliphatic hydroxyl groups excluding tert-OH is 1. The fraction of sp³-hybridized carbons (Fsp3) is 0.548. The molecular formula is C31H39F3O3. The number of halogens is 3. The maximum atomic E-state index is 14.9. The molecule has 0 aromatic heterocycles. The third-order valence-electron chi connectivity index (χ3n) is 8.24. The predicted octanol–water partition coefficient (Wildman–Crippen LogP) is 7.96. The van der Waals surface area contributed by atoms with E-state index in [-0.39, 0.29) is 47.9 Å². The van der Waals surface area contributed by atoms with Crippen LogP contribution < -0.4 is 4.74 Å². The molecule has 2 saturated carbocycles. The predicted molar refractivity (Wildman–Crippen MR) is 139 cm³/mol. The molecule has 4 rings (SSSR count). The number of rotatable bonds is 10. The minimum atomic E-state index is -0.818. The number of hydrogen-bond donors (Lipinski definition) is 1. The van der Waals surface area contributed by atoms with Gasteiger partial charge in [0.1, 0.15) is 11.6 Å². The third kappa shape index (κ3) is 6.97. The molecule has 202 valence electrons. The first-order valence-electron chi connectivity index (χ1n) is 13.7. The molecule has 2 fully saturated rings. The van der Waals surface area contributed by atoms with Gasteiger partial charge in [-0.05, 0) is 99.7 Å². The molecule has 3 nitrogen and oxygen atoms in total. The van der Waals surface area contributed by atoms with Crippen molar-refractivity contribution in [3.8, 4) is 5.75 Å². The van der Waals surface area contributed by atoms with Gasteiger partial charge in [-0.15, -0.1) is 6.58 Å². The van der Waals surface area contributed by atoms with Crippen molar-refractivity contribution in [2.45, 2.75) is 95.4 Å². The normalized spacial score (nSPS) is 25.0. The number of hydrogen-bond acceptors (Lipinski definition) is 3. The van der Waals surface area contributed by atoms with Crippen LogP contribution in [0.15, 0.2) is 43.0 Å². The molecule has 0 saturated heterocycles. The molecule has 1 unspecified atom stereocenters. The summed E-state index contributed by atoms with van der Waals surface area (Å²) in [4.78, 5) is 0. The lowest BCUT2D eigenvalue weighted by Gasteiger charge is -2.31. The molecule has 1 atom stereocenters.